The van der Waals surface area contributed by atoms with Crippen molar-refractivity contribution in [2.75, 3.05) is 26.2 Å². The van der Waals surface area contributed by atoms with E-state index in [2.05, 4.69) is 16.9 Å². The third-order valence-corrected chi connectivity index (χ3v) is 5.09. The van der Waals surface area contributed by atoms with Crippen LogP contribution in [0.3, 0.4) is 0 Å². The molecule has 1 aliphatic rings. The molecule has 25 heavy (non-hydrogen) atoms. The number of nitrogens with zero attached hydrogens (tertiary/aromatic N) is 4. The van der Waals surface area contributed by atoms with Crippen LogP contribution in [-0.4, -0.2) is 51.7 Å². The number of carbonyl (C=O) groups is 1. The Morgan fingerprint density at radius 1 is 1.24 bits per heavy atom. The highest BCUT2D eigenvalue weighted by Crippen LogP contribution is 2.19. The number of benzene rings is 1. The summed E-state index contributed by atoms with van der Waals surface area (Å²) in [5, 5.41) is 4.81. The molecule has 5 nitrogen and oxygen atoms in total. The fourth-order valence-corrected chi connectivity index (χ4v) is 3.38. The Morgan fingerprint density at radius 2 is 1.92 bits per heavy atom. The molecular formula is C18H22ClFN4O. The van der Waals surface area contributed by atoms with Gasteiger partial charge in [0.2, 0.25) is 0 Å². The molecule has 0 atom stereocenters. The third-order valence-electron chi connectivity index (χ3n) is 4.86. The molecule has 0 aliphatic carbocycles. The molecule has 1 aliphatic heterocycles. The van der Waals surface area contributed by atoms with Gasteiger partial charge in [0.15, 0.2) is 0 Å². The van der Waals surface area contributed by atoms with E-state index in [4.69, 9.17) is 11.6 Å². The minimum absolute atomic E-state index is 0.0416. The number of aryl methyl sites for hydroxylation is 2. The van der Waals surface area contributed by atoms with Crippen molar-refractivity contribution in [2.24, 2.45) is 7.05 Å². The van der Waals surface area contributed by atoms with E-state index in [0.29, 0.717) is 18.1 Å². The van der Waals surface area contributed by atoms with Gasteiger partial charge in [-0.3, -0.25) is 14.4 Å². The summed E-state index contributed by atoms with van der Waals surface area (Å²) in [6.07, 6.45) is 0. The van der Waals surface area contributed by atoms with Gasteiger partial charge in [0.1, 0.15) is 5.82 Å². The molecule has 3 rings (SSSR count). The zero-order valence-electron chi connectivity index (χ0n) is 14.7. The predicted molar refractivity (Wildman–Crippen MR) is 95.3 cm³/mol. The molecule has 0 unspecified atom stereocenters. The van der Waals surface area contributed by atoms with Crippen molar-refractivity contribution in [3.05, 3.63) is 51.6 Å². The van der Waals surface area contributed by atoms with E-state index < -0.39 is 5.82 Å². The van der Waals surface area contributed by atoms with Gasteiger partial charge in [-0.15, -0.1) is 0 Å². The Balaban J connectivity index is 1.63. The zero-order chi connectivity index (χ0) is 18.1. The maximum absolute atomic E-state index is 13.9. The van der Waals surface area contributed by atoms with Crippen molar-refractivity contribution in [2.45, 2.75) is 20.4 Å². The summed E-state index contributed by atoms with van der Waals surface area (Å²) in [4.78, 5) is 16.5. The van der Waals surface area contributed by atoms with Crippen LogP contribution in [0.15, 0.2) is 18.2 Å². The number of carbonyl (C=O) groups excluding carboxylic acids is 1. The van der Waals surface area contributed by atoms with Crippen LogP contribution < -0.4 is 0 Å². The second-order valence-corrected chi connectivity index (χ2v) is 6.90. The molecule has 1 amide bonds. The van der Waals surface area contributed by atoms with Gasteiger partial charge in [-0.2, -0.15) is 5.10 Å². The second-order valence-electron chi connectivity index (χ2n) is 6.47. The van der Waals surface area contributed by atoms with Gasteiger partial charge in [-0.1, -0.05) is 11.6 Å². The van der Waals surface area contributed by atoms with Gasteiger partial charge in [-0.25, -0.2) is 4.39 Å². The average molecular weight is 365 g/mol. The van der Waals surface area contributed by atoms with Crippen molar-refractivity contribution in [3.8, 4) is 0 Å². The highest BCUT2D eigenvalue weighted by atomic mass is 35.5. The summed E-state index contributed by atoms with van der Waals surface area (Å²) in [5.74, 6) is -0.827. The van der Waals surface area contributed by atoms with E-state index in [1.54, 1.807) is 4.90 Å². The lowest BCUT2D eigenvalue weighted by Gasteiger charge is -2.35. The van der Waals surface area contributed by atoms with Gasteiger partial charge in [-0.05, 0) is 32.0 Å². The predicted octanol–water partition coefficient (Wildman–Crippen LogP) is 2.79. The van der Waals surface area contributed by atoms with Crippen molar-refractivity contribution >= 4 is 17.5 Å². The molecule has 0 N–H and O–H groups in total. The molecule has 1 aromatic carbocycles. The number of amides is 1. The molecule has 1 fully saturated rings. The quantitative estimate of drug-likeness (QED) is 0.841. The minimum Gasteiger partial charge on any atom is -0.336 e. The highest BCUT2D eigenvalue weighted by Gasteiger charge is 2.25. The number of hydrogen-bond acceptors (Lipinski definition) is 3. The lowest BCUT2D eigenvalue weighted by molar-refractivity contribution is 0.0623. The van der Waals surface area contributed by atoms with Crippen LogP contribution in [0.4, 0.5) is 4.39 Å². The Kier molecular flexibility index (Phi) is 5.11. The first-order chi connectivity index (χ1) is 11.9. The summed E-state index contributed by atoms with van der Waals surface area (Å²) in [5.41, 5.74) is 3.49. The zero-order valence-corrected chi connectivity index (χ0v) is 15.5. The Labute approximate surface area is 152 Å². The monoisotopic (exact) mass is 364 g/mol. The largest absolute Gasteiger partial charge is 0.336 e. The minimum atomic E-state index is -0.529. The molecule has 0 saturated carbocycles. The van der Waals surface area contributed by atoms with E-state index >= 15 is 0 Å². The van der Waals surface area contributed by atoms with Crippen molar-refractivity contribution < 1.29 is 9.18 Å². The van der Waals surface area contributed by atoms with Gasteiger partial charge < -0.3 is 4.90 Å². The van der Waals surface area contributed by atoms with E-state index in [1.165, 1.54) is 23.8 Å². The fourth-order valence-electron chi connectivity index (χ4n) is 3.21. The van der Waals surface area contributed by atoms with Crippen LogP contribution in [0.5, 0.6) is 0 Å². The number of halogens is 2. The van der Waals surface area contributed by atoms with Crippen molar-refractivity contribution in [3.63, 3.8) is 0 Å². The molecule has 134 valence electrons. The second kappa shape index (κ2) is 7.14. The van der Waals surface area contributed by atoms with E-state index in [1.807, 2.05) is 18.7 Å². The molecule has 2 heterocycles. The number of aromatic nitrogens is 2. The van der Waals surface area contributed by atoms with Crippen LogP contribution in [0, 0.1) is 19.7 Å². The highest BCUT2D eigenvalue weighted by molar-refractivity contribution is 6.31. The van der Waals surface area contributed by atoms with Gasteiger partial charge in [0.25, 0.3) is 5.91 Å². The van der Waals surface area contributed by atoms with Gasteiger partial charge >= 0.3 is 0 Å². The molecular weight excluding hydrogens is 343 g/mol. The molecule has 1 saturated heterocycles. The van der Waals surface area contributed by atoms with E-state index in [9.17, 15) is 9.18 Å². The SMILES string of the molecule is Cc1nn(C)c(C)c1CN1CCN(C(=O)c2cc(Cl)ccc2F)CC1. The molecule has 2 aromatic rings. The molecule has 0 bridgehead atoms. The maximum Gasteiger partial charge on any atom is 0.256 e. The van der Waals surface area contributed by atoms with Gasteiger partial charge in [0.05, 0.1) is 11.3 Å². The molecule has 1 aromatic heterocycles. The van der Waals surface area contributed by atoms with Crippen molar-refractivity contribution in [1.82, 2.24) is 19.6 Å². The molecule has 7 heteroatoms. The van der Waals surface area contributed by atoms with E-state index in [0.717, 1.165) is 31.0 Å². The first-order valence-electron chi connectivity index (χ1n) is 8.32. The molecule has 0 spiro atoms. The Bertz CT molecular complexity index is 797. The fraction of sp³-hybridized carbons (Fsp3) is 0.444. The Morgan fingerprint density at radius 3 is 2.52 bits per heavy atom. The first-order valence-corrected chi connectivity index (χ1v) is 8.70. The lowest BCUT2D eigenvalue weighted by Crippen LogP contribution is -2.48. The average Bonchev–Trinajstić information content (AvgIpc) is 2.83. The third kappa shape index (κ3) is 3.70. The molecule has 0 radical (unpaired) electrons. The Hall–Kier alpha value is -1.92. The number of hydrogen-bond donors (Lipinski definition) is 0. The standard InChI is InChI=1S/C18H22ClFN4O/c1-12-16(13(2)22(3)21-12)11-23-6-8-24(9-7-23)18(25)15-10-14(19)4-5-17(15)20/h4-5,10H,6-9,11H2,1-3H3. The topological polar surface area (TPSA) is 41.4 Å². The van der Waals surface area contributed by atoms with E-state index in [-0.39, 0.29) is 11.5 Å². The smallest absolute Gasteiger partial charge is 0.256 e. The lowest BCUT2D eigenvalue weighted by atomic mass is 10.1. The number of rotatable bonds is 3. The number of piperazine rings is 1. The van der Waals surface area contributed by atoms with Gasteiger partial charge in [0, 0.05) is 56.1 Å². The van der Waals surface area contributed by atoms with Crippen LogP contribution >= 0.6 is 11.6 Å². The summed E-state index contributed by atoms with van der Waals surface area (Å²) >= 11 is 5.89. The van der Waals surface area contributed by atoms with Crippen LogP contribution in [-0.2, 0) is 13.6 Å². The normalized spacial score (nSPS) is 15.6. The van der Waals surface area contributed by atoms with Crippen molar-refractivity contribution in [1.29, 1.82) is 0 Å². The first kappa shape index (κ1) is 17.9. The van der Waals surface area contributed by atoms with Crippen LogP contribution in [0.2, 0.25) is 5.02 Å². The summed E-state index contributed by atoms with van der Waals surface area (Å²) in [6, 6.07) is 4.08. The summed E-state index contributed by atoms with van der Waals surface area (Å²) in [6.45, 7) is 7.55. The maximum atomic E-state index is 13.9. The van der Waals surface area contributed by atoms with Crippen LogP contribution in [0.1, 0.15) is 27.3 Å². The summed E-state index contributed by atoms with van der Waals surface area (Å²) in [7, 11) is 1.95. The van der Waals surface area contributed by atoms with Crippen LogP contribution in [0.25, 0.3) is 0 Å². The summed E-state index contributed by atoms with van der Waals surface area (Å²) < 4.78 is 15.8.